The first kappa shape index (κ1) is 18.5. The van der Waals surface area contributed by atoms with Gasteiger partial charge in [-0.2, -0.15) is 0 Å². The van der Waals surface area contributed by atoms with E-state index < -0.39 is 11.6 Å². The van der Waals surface area contributed by atoms with Crippen molar-refractivity contribution in [3.8, 4) is 0 Å². The quantitative estimate of drug-likeness (QED) is 0.825. The van der Waals surface area contributed by atoms with Gasteiger partial charge in [-0.05, 0) is 55.6 Å². The smallest absolute Gasteiger partial charge is 0.246 e. The number of hydrogen-bond acceptors (Lipinski definition) is 4. The highest BCUT2D eigenvalue weighted by molar-refractivity contribution is 5.78. The molecule has 4 fully saturated rings. The lowest BCUT2D eigenvalue weighted by Gasteiger charge is -2.46. The molecule has 3 saturated heterocycles. The number of carbonyl (C=O) groups is 1. The van der Waals surface area contributed by atoms with Crippen molar-refractivity contribution >= 4 is 5.91 Å². The number of hydrogen-bond donors (Lipinski definition) is 2. The van der Waals surface area contributed by atoms with Gasteiger partial charge in [-0.25, -0.2) is 8.78 Å². The van der Waals surface area contributed by atoms with E-state index in [-0.39, 0.29) is 35.6 Å². The number of fused-ring (bicyclic) bond motifs is 1. The summed E-state index contributed by atoms with van der Waals surface area (Å²) in [7, 11) is 0. The molecule has 5 nitrogen and oxygen atoms in total. The molecular formula is C21H27F2N3O2. The Balaban J connectivity index is 1.16. The van der Waals surface area contributed by atoms with Gasteiger partial charge in [0, 0.05) is 25.2 Å². The summed E-state index contributed by atoms with van der Waals surface area (Å²) in [5.74, 6) is -0.532. The molecule has 5 rings (SSSR count). The molecule has 2 N–H and O–H groups in total. The molecule has 1 saturated carbocycles. The number of amides is 1. The predicted molar refractivity (Wildman–Crippen MR) is 99.5 cm³/mol. The lowest BCUT2D eigenvalue weighted by Crippen LogP contribution is -2.62. The van der Waals surface area contributed by atoms with Crippen molar-refractivity contribution in [3.63, 3.8) is 0 Å². The molecule has 28 heavy (non-hydrogen) atoms. The minimum atomic E-state index is -0.428. The molecule has 7 heteroatoms. The van der Waals surface area contributed by atoms with Crippen molar-refractivity contribution < 1.29 is 18.3 Å². The average Bonchev–Trinajstić information content (AvgIpc) is 3.09. The van der Waals surface area contributed by atoms with E-state index in [2.05, 4.69) is 15.5 Å². The first-order valence-corrected chi connectivity index (χ1v) is 10.3. The zero-order valence-electron chi connectivity index (χ0n) is 15.9. The molecule has 3 atom stereocenters. The number of ether oxygens (including phenoxy) is 1. The summed E-state index contributed by atoms with van der Waals surface area (Å²) < 4.78 is 33.5. The van der Waals surface area contributed by atoms with Gasteiger partial charge in [0.1, 0.15) is 18.2 Å². The SMILES string of the molecule is O=C1CO[C@H]2CCN(C3CC4(CN3)CC(Cc3c(F)cccc3F)C4)C[C@H]2N1. The summed E-state index contributed by atoms with van der Waals surface area (Å²) in [6, 6.07) is 4.19. The van der Waals surface area contributed by atoms with E-state index >= 15 is 0 Å². The number of nitrogens with one attached hydrogen (secondary N) is 2. The number of morpholine rings is 1. The molecule has 1 aliphatic carbocycles. The Morgan fingerprint density at radius 1 is 1.21 bits per heavy atom. The average molecular weight is 391 g/mol. The number of piperidine rings is 1. The molecule has 0 radical (unpaired) electrons. The Morgan fingerprint density at radius 3 is 2.79 bits per heavy atom. The second kappa shape index (κ2) is 7.04. The van der Waals surface area contributed by atoms with E-state index in [1.165, 1.54) is 18.2 Å². The molecule has 1 aromatic carbocycles. The normalized spacial score (nSPS) is 38.1. The van der Waals surface area contributed by atoms with Gasteiger partial charge >= 0.3 is 0 Å². The van der Waals surface area contributed by atoms with E-state index in [9.17, 15) is 13.6 Å². The first-order valence-electron chi connectivity index (χ1n) is 10.3. The number of halogens is 2. The number of rotatable bonds is 3. The minimum Gasteiger partial charge on any atom is -0.366 e. The molecule has 4 aliphatic rings. The van der Waals surface area contributed by atoms with Gasteiger partial charge in [-0.3, -0.25) is 9.69 Å². The van der Waals surface area contributed by atoms with E-state index in [1.807, 2.05) is 0 Å². The minimum absolute atomic E-state index is 0.0267. The molecule has 0 bridgehead atoms. The maximum Gasteiger partial charge on any atom is 0.246 e. The van der Waals surface area contributed by atoms with Crippen molar-refractivity contribution in [2.75, 3.05) is 26.2 Å². The monoisotopic (exact) mass is 391 g/mol. The molecule has 152 valence electrons. The highest BCUT2D eigenvalue weighted by atomic mass is 19.1. The Morgan fingerprint density at radius 2 is 2.00 bits per heavy atom. The summed E-state index contributed by atoms with van der Waals surface area (Å²) in [5, 5.41) is 6.72. The summed E-state index contributed by atoms with van der Waals surface area (Å²) in [5.41, 5.74) is 0.486. The Hall–Kier alpha value is -1.57. The standard InChI is InChI=1S/C21H27F2N3O2/c22-15-2-1-3-16(23)14(15)6-13-7-21(8-13)9-19(24-12-21)26-5-4-18-17(10-26)25-20(27)11-28-18/h1-3,13,17-19,24H,4-12H2,(H,25,27)/t13?,17-,18+,19?,21?/m1/s1. The van der Waals surface area contributed by atoms with Gasteiger partial charge in [0.05, 0.1) is 18.3 Å². The second-order valence-corrected chi connectivity index (χ2v) is 9.09. The molecule has 3 heterocycles. The molecule has 1 spiro atoms. The van der Waals surface area contributed by atoms with Gasteiger partial charge in [0.15, 0.2) is 0 Å². The van der Waals surface area contributed by atoms with Crippen LogP contribution in [0.3, 0.4) is 0 Å². The second-order valence-electron chi connectivity index (χ2n) is 9.09. The summed E-state index contributed by atoms with van der Waals surface area (Å²) >= 11 is 0. The van der Waals surface area contributed by atoms with Crippen molar-refractivity contribution in [3.05, 3.63) is 35.4 Å². The van der Waals surface area contributed by atoms with Crippen molar-refractivity contribution in [1.29, 1.82) is 0 Å². The van der Waals surface area contributed by atoms with E-state index in [0.29, 0.717) is 18.5 Å². The first-order chi connectivity index (χ1) is 13.5. The Kier molecular flexibility index (Phi) is 4.64. The van der Waals surface area contributed by atoms with E-state index in [4.69, 9.17) is 4.74 Å². The van der Waals surface area contributed by atoms with Gasteiger partial charge in [-0.1, -0.05) is 6.07 Å². The van der Waals surface area contributed by atoms with Crippen LogP contribution >= 0.6 is 0 Å². The largest absolute Gasteiger partial charge is 0.366 e. The molecule has 1 amide bonds. The molecular weight excluding hydrogens is 364 g/mol. The van der Waals surface area contributed by atoms with E-state index in [1.54, 1.807) is 0 Å². The van der Waals surface area contributed by atoms with Gasteiger partial charge in [0.2, 0.25) is 5.91 Å². The highest BCUT2D eigenvalue weighted by Gasteiger charge is 2.50. The van der Waals surface area contributed by atoms with Crippen LogP contribution in [-0.4, -0.2) is 55.4 Å². The summed E-state index contributed by atoms with van der Waals surface area (Å²) in [4.78, 5) is 14.0. The maximum atomic E-state index is 13.9. The zero-order valence-corrected chi connectivity index (χ0v) is 15.9. The summed E-state index contributed by atoms with van der Waals surface area (Å²) in [6.45, 7) is 2.92. The number of carbonyl (C=O) groups excluding carboxylic acids is 1. The number of nitrogens with zero attached hydrogens (tertiary/aromatic N) is 1. The van der Waals surface area contributed by atoms with Crippen LogP contribution in [0.4, 0.5) is 8.78 Å². The van der Waals surface area contributed by atoms with Crippen LogP contribution in [0.5, 0.6) is 0 Å². The van der Waals surface area contributed by atoms with Crippen LogP contribution in [0.1, 0.15) is 31.2 Å². The zero-order chi connectivity index (χ0) is 19.3. The number of likely N-dealkylation sites (tertiary alicyclic amines) is 1. The summed E-state index contributed by atoms with van der Waals surface area (Å²) in [6.07, 6.45) is 4.97. The van der Waals surface area contributed by atoms with Gasteiger partial charge < -0.3 is 15.4 Å². The van der Waals surface area contributed by atoms with Crippen molar-refractivity contribution in [1.82, 2.24) is 15.5 Å². The topological polar surface area (TPSA) is 53.6 Å². The highest BCUT2D eigenvalue weighted by Crippen LogP contribution is 2.52. The molecule has 1 unspecified atom stereocenters. The van der Waals surface area contributed by atoms with Crippen LogP contribution in [0.2, 0.25) is 0 Å². The van der Waals surface area contributed by atoms with Gasteiger partial charge in [0.25, 0.3) is 0 Å². The van der Waals surface area contributed by atoms with Crippen molar-refractivity contribution in [2.45, 2.75) is 50.4 Å². The van der Waals surface area contributed by atoms with Crippen LogP contribution in [0.15, 0.2) is 18.2 Å². The maximum absolute atomic E-state index is 13.9. The van der Waals surface area contributed by atoms with Gasteiger partial charge in [-0.15, -0.1) is 0 Å². The van der Waals surface area contributed by atoms with Crippen LogP contribution in [0, 0.1) is 23.0 Å². The Bertz CT molecular complexity index is 748. The fraction of sp³-hybridized carbons (Fsp3) is 0.667. The molecule has 1 aromatic rings. The predicted octanol–water partition coefficient (Wildman–Crippen LogP) is 1.81. The third kappa shape index (κ3) is 3.33. The Labute approximate surface area is 163 Å². The fourth-order valence-electron chi connectivity index (χ4n) is 5.79. The molecule has 3 aliphatic heterocycles. The van der Waals surface area contributed by atoms with Crippen LogP contribution in [-0.2, 0) is 16.0 Å². The third-order valence-corrected chi connectivity index (χ3v) is 7.13. The van der Waals surface area contributed by atoms with Crippen LogP contribution < -0.4 is 10.6 Å². The van der Waals surface area contributed by atoms with E-state index in [0.717, 1.165) is 45.3 Å². The van der Waals surface area contributed by atoms with Crippen molar-refractivity contribution in [2.24, 2.45) is 11.3 Å². The fourth-order valence-corrected chi connectivity index (χ4v) is 5.79. The lowest BCUT2D eigenvalue weighted by atomic mass is 9.60. The third-order valence-electron chi connectivity index (χ3n) is 7.13. The molecule has 0 aromatic heterocycles. The van der Waals surface area contributed by atoms with Crippen LogP contribution in [0.25, 0.3) is 0 Å². The lowest BCUT2D eigenvalue weighted by molar-refractivity contribution is -0.141. The number of benzene rings is 1.